The van der Waals surface area contributed by atoms with Gasteiger partial charge in [-0.1, -0.05) is 27.2 Å². The molecule has 2 aliphatic heterocycles. The van der Waals surface area contributed by atoms with Crippen LogP contribution in [0.3, 0.4) is 0 Å². The summed E-state index contributed by atoms with van der Waals surface area (Å²) in [7, 11) is 0. The number of likely N-dealkylation sites (tertiary alicyclic amines) is 1. The third-order valence-corrected chi connectivity index (χ3v) is 6.01. The predicted molar refractivity (Wildman–Crippen MR) is 84.9 cm³/mol. The Bertz CT molecular complexity index is 305. The van der Waals surface area contributed by atoms with Gasteiger partial charge in [0.25, 0.3) is 0 Å². The molecule has 0 aromatic carbocycles. The van der Waals surface area contributed by atoms with Crippen molar-refractivity contribution in [3.05, 3.63) is 0 Å². The van der Waals surface area contributed by atoms with Crippen molar-refractivity contribution < 1.29 is 0 Å². The highest BCUT2D eigenvalue weighted by molar-refractivity contribution is 4.97. The number of hydrogen-bond acceptors (Lipinski definition) is 3. The molecule has 0 aromatic heterocycles. The maximum Gasteiger partial charge on any atom is 0.0351 e. The lowest BCUT2D eigenvalue weighted by atomic mass is 9.72. The van der Waals surface area contributed by atoms with Crippen LogP contribution in [-0.2, 0) is 0 Å². The number of nitrogens with one attached hydrogen (secondary N) is 1. The summed E-state index contributed by atoms with van der Waals surface area (Å²) >= 11 is 0. The predicted octanol–water partition coefficient (Wildman–Crippen LogP) is 2.04. The first kappa shape index (κ1) is 14.8. The van der Waals surface area contributed by atoms with Crippen LogP contribution in [0.1, 0.15) is 40.0 Å². The van der Waals surface area contributed by atoms with Gasteiger partial charge in [-0.3, -0.25) is 9.80 Å². The van der Waals surface area contributed by atoms with Gasteiger partial charge in [-0.15, -0.1) is 0 Å². The molecule has 0 bridgehead atoms. The minimum atomic E-state index is 0.849. The lowest BCUT2D eigenvalue weighted by molar-refractivity contribution is -0.0430. The first-order valence-corrected chi connectivity index (χ1v) is 8.84. The number of hydrogen-bond donors (Lipinski definition) is 1. The van der Waals surface area contributed by atoms with Gasteiger partial charge in [0.2, 0.25) is 0 Å². The molecule has 3 nitrogen and oxygen atoms in total. The van der Waals surface area contributed by atoms with Gasteiger partial charge in [0.15, 0.2) is 0 Å². The Labute approximate surface area is 125 Å². The van der Waals surface area contributed by atoms with Crippen LogP contribution >= 0.6 is 0 Å². The lowest BCUT2D eigenvalue weighted by Crippen LogP contribution is -2.66. The molecule has 1 N–H and O–H groups in total. The summed E-state index contributed by atoms with van der Waals surface area (Å²) in [4.78, 5) is 5.52. The zero-order valence-electron chi connectivity index (χ0n) is 13.6. The molecule has 1 saturated carbocycles. The highest BCUT2D eigenvalue weighted by Gasteiger charge is 2.41. The molecule has 3 aliphatic rings. The van der Waals surface area contributed by atoms with E-state index in [4.69, 9.17) is 0 Å². The molecule has 2 saturated heterocycles. The smallest absolute Gasteiger partial charge is 0.0351 e. The average Bonchev–Trinajstić information content (AvgIpc) is 2.38. The lowest BCUT2D eigenvalue weighted by Gasteiger charge is -2.54. The van der Waals surface area contributed by atoms with E-state index in [0.29, 0.717) is 0 Å². The van der Waals surface area contributed by atoms with Gasteiger partial charge in [0.05, 0.1) is 0 Å². The van der Waals surface area contributed by atoms with E-state index in [1.165, 1.54) is 58.5 Å². The standard InChI is InChI=1S/C17H33N3/c1-13(2)16-5-4-14(3)10-17(16)20-11-15(12-20)19-8-6-18-7-9-19/h13-18H,4-12H2,1-3H3. The molecule has 116 valence electrons. The van der Waals surface area contributed by atoms with E-state index in [1.807, 2.05) is 0 Å². The minimum absolute atomic E-state index is 0.849. The summed E-state index contributed by atoms with van der Waals surface area (Å²) in [5.41, 5.74) is 0. The topological polar surface area (TPSA) is 18.5 Å². The molecule has 0 amide bonds. The van der Waals surface area contributed by atoms with Gasteiger partial charge in [0, 0.05) is 51.4 Å². The van der Waals surface area contributed by atoms with Crippen LogP contribution in [-0.4, -0.2) is 61.2 Å². The Morgan fingerprint density at radius 2 is 1.70 bits per heavy atom. The first-order chi connectivity index (χ1) is 9.65. The quantitative estimate of drug-likeness (QED) is 0.853. The molecule has 0 aromatic rings. The van der Waals surface area contributed by atoms with Crippen LogP contribution in [0.4, 0.5) is 0 Å². The van der Waals surface area contributed by atoms with E-state index in [-0.39, 0.29) is 0 Å². The summed E-state index contributed by atoms with van der Waals surface area (Å²) < 4.78 is 0. The summed E-state index contributed by atoms with van der Waals surface area (Å²) in [6.07, 6.45) is 4.35. The molecule has 3 unspecified atom stereocenters. The Morgan fingerprint density at radius 1 is 1.00 bits per heavy atom. The Hall–Kier alpha value is -0.120. The van der Waals surface area contributed by atoms with Gasteiger partial charge < -0.3 is 5.32 Å². The van der Waals surface area contributed by atoms with E-state index >= 15 is 0 Å². The molecule has 20 heavy (non-hydrogen) atoms. The molecular formula is C17H33N3. The highest BCUT2D eigenvalue weighted by atomic mass is 15.3. The number of piperazine rings is 1. The SMILES string of the molecule is CC1CCC(C(C)C)C(N2CC(N3CCNCC3)C2)C1. The van der Waals surface area contributed by atoms with Crippen molar-refractivity contribution in [1.82, 2.24) is 15.1 Å². The van der Waals surface area contributed by atoms with Crippen LogP contribution < -0.4 is 5.32 Å². The second-order valence-corrected chi connectivity index (χ2v) is 7.79. The van der Waals surface area contributed by atoms with Crippen LogP contribution in [0, 0.1) is 17.8 Å². The molecule has 1 aliphatic carbocycles. The monoisotopic (exact) mass is 279 g/mol. The van der Waals surface area contributed by atoms with Crippen molar-refractivity contribution in [2.45, 2.75) is 52.1 Å². The van der Waals surface area contributed by atoms with E-state index in [0.717, 1.165) is 29.8 Å². The van der Waals surface area contributed by atoms with E-state index < -0.39 is 0 Å². The molecule has 0 radical (unpaired) electrons. The molecule has 2 heterocycles. The summed E-state index contributed by atoms with van der Waals surface area (Å²) in [5, 5.41) is 3.46. The second-order valence-electron chi connectivity index (χ2n) is 7.79. The molecule has 3 rings (SSSR count). The fourth-order valence-electron chi connectivity index (χ4n) is 4.61. The van der Waals surface area contributed by atoms with Crippen LogP contribution in [0.2, 0.25) is 0 Å². The van der Waals surface area contributed by atoms with Crippen LogP contribution in [0.15, 0.2) is 0 Å². The molecule has 3 atom stereocenters. The largest absolute Gasteiger partial charge is 0.314 e. The Balaban J connectivity index is 1.53. The maximum absolute atomic E-state index is 3.46. The Morgan fingerprint density at radius 3 is 2.35 bits per heavy atom. The Kier molecular flexibility index (Phi) is 4.68. The van der Waals surface area contributed by atoms with Crippen molar-refractivity contribution in [3.8, 4) is 0 Å². The van der Waals surface area contributed by atoms with E-state index in [1.54, 1.807) is 0 Å². The summed E-state index contributed by atoms with van der Waals surface area (Å²) in [5.74, 6) is 2.73. The van der Waals surface area contributed by atoms with Crippen LogP contribution in [0.5, 0.6) is 0 Å². The van der Waals surface area contributed by atoms with Gasteiger partial charge in [-0.2, -0.15) is 0 Å². The number of rotatable bonds is 3. The van der Waals surface area contributed by atoms with Crippen LogP contribution in [0.25, 0.3) is 0 Å². The van der Waals surface area contributed by atoms with Crippen molar-refractivity contribution in [2.75, 3.05) is 39.3 Å². The zero-order chi connectivity index (χ0) is 14.1. The normalized spacial score (nSPS) is 38.1. The van der Waals surface area contributed by atoms with Crippen molar-refractivity contribution in [3.63, 3.8) is 0 Å². The fraction of sp³-hybridized carbons (Fsp3) is 1.00. The van der Waals surface area contributed by atoms with Crippen molar-refractivity contribution in [2.24, 2.45) is 17.8 Å². The second kappa shape index (κ2) is 6.33. The average molecular weight is 279 g/mol. The van der Waals surface area contributed by atoms with Gasteiger partial charge >= 0.3 is 0 Å². The van der Waals surface area contributed by atoms with E-state index in [9.17, 15) is 0 Å². The minimum Gasteiger partial charge on any atom is -0.314 e. The van der Waals surface area contributed by atoms with Crippen molar-refractivity contribution in [1.29, 1.82) is 0 Å². The third kappa shape index (κ3) is 3.05. The summed E-state index contributed by atoms with van der Waals surface area (Å²) in [6, 6.07) is 1.72. The van der Waals surface area contributed by atoms with Crippen molar-refractivity contribution >= 4 is 0 Å². The molecule has 3 fully saturated rings. The van der Waals surface area contributed by atoms with Gasteiger partial charge in [0.1, 0.15) is 0 Å². The summed E-state index contributed by atoms with van der Waals surface area (Å²) in [6.45, 7) is 14.9. The molecule has 0 spiro atoms. The maximum atomic E-state index is 3.46. The zero-order valence-corrected chi connectivity index (χ0v) is 13.6. The van der Waals surface area contributed by atoms with Gasteiger partial charge in [-0.25, -0.2) is 0 Å². The van der Waals surface area contributed by atoms with E-state index in [2.05, 4.69) is 35.9 Å². The third-order valence-electron chi connectivity index (χ3n) is 6.01. The van der Waals surface area contributed by atoms with Gasteiger partial charge in [-0.05, 0) is 30.6 Å². The fourth-order valence-corrected chi connectivity index (χ4v) is 4.61. The number of nitrogens with zero attached hydrogens (tertiary/aromatic N) is 2. The highest BCUT2D eigenvalue weighted by Crippen LogP contribution is 2.38. The first-order valence-electron chi connectivity index (χ1n) is 8.84. The molecule has 3 heteroatoms. The molecular weight excluding hydrogens is 246 g/mol.